The molecule has 6 heterocycles. The van der Waals surface area contributed by atoms with Crippen LogP contribution in [0, 0.1) is 29.5 Å². The quantitative estimate of drug-likeness (QED) is 0.0940. The molecule has 0 bridgehead atoms. The second-order valence-electron chi connectivity index (χ2n) is 21.1. The van der Waals surface area contributed by atoms with E-state index in [2.05, 4.69) is 69.3 Å². The zero-order valence-corrected chi connectivity index (χ0v) is 41.7. The van der Waals surface area contributed by atoms with E-state index in [0.717, 1.165) is 95.4 Å². The Morgan fingerprint density at radius 2 is 1.30 bits per heavy atom. The smallest absolute Gasteiger partial charge is 0.407 e. The second kappa shape index (κ2) is 19.8. The minimum Gasteiger partial charge on any atom is -0.465 e. The Labute approximate surface area is 409 Å². The van der Waals surface area contributed by atoms with Crippen molar-refractivity contribution in [3.8, 4) is 0 Å². The van der Waals surface area contributed by atoms with Crippen LogP contribution in [0.4, 0.5) is 25.4 Å². The summed E-state index contributed by atoms with van der Waals surface area (Å²) >= 11 is 0. The summed E-state index contributed by atoms with van der Waals surface area (Å²) < 4.78 is 21.5. The van der Waals surface area contributed by atoms with Crippen molar-refractivity contribution in [1.29, 1.82) is 0 Å². The van der Waals surface area contributed by atoms with E-state index in [1.54, 1.807) is 11.0 Å². The number of carbonyl (C=O) groups is 4. The monoisotopic (exact) mass is 961 g/mol. The lowest BCUT2D eigenvalue weighted by molar-refractivity contribution is -0.138. The molecule has 4 aliphatic heterocycles. The van der Waals surface area contributed by atoms with E-state index in [-0.39, 0.29) is 53.6 Å². The van der Waals surface area contributed by atoms with Crippen LogP contribution in [-0.4, -0.2) is 116 Å². The summed E-state index contributed by atoms with van der Waals surface area (Å²) in [6, 6.07) is 15.8. The highest BCUT2D eigenvalue weighted by Crippen LogP contribution is 2.49. The third-order valence-corrected chi connectivity index (χ3v) is 15.3. The number of likely N-dealkylation sites (tertiary alicyclic amines) is 2. The van der Waals surface area contributed by atoms with Gasteiger partial charge in [0.05, 0.1) is 59.0 Å². The molecule has 4 N–H and O–H groups in total. The van der Waals surface area contributed by atoms with E-state index < -0.39 is 24.3 Å². The van der Waals surface area contributed by atoms with Gasteiger partial charge in [-0.3, -0.25) is 14.5 Å². The maximum absolute atomic E-state index is 16.6. The molecule has 4 saturated heterocycles. The first-order valence-electron chi connectivity index (χ1n) is 25.2. The number of hydrogen-bond acceptors (Lipinski definition) is 9. The number of carbonyl (C=O) groups excluding carboxylic acids is 3. The number of aromatic amines is 2. The molecule has 16 nitrogen and oxygen atoms in total. The third kappa shape index (κ3) is 9.35. The fourth-order valence-corrected chi connectivity index (χ4v) is 12.1. The standard InChI is InChI=1S/C53H69FN10O6/c1-29(2)46(59-52(67)70-8)50(65)62-21-9-11-44(62)48-55-37-16-13-33(24-39(37)57-48)41-19-20-42(64(41)35-15-18-43(36(54)26-35)61-27-31(5)23-32(6)28-61)34-14-17-38-40(25-34)58-49(56-38)45-12-10-22-63(45)51(66)47(30(3)4)60(7)53(68)69/h13-18,24-26,29-32,41-42,44-47H,9-12,19-23,27-28H2,1-8H3,(H,55,57)(H,56,58)(H,59,67)(H,68,69)/t31?,32?,41-,42-,44+,45+,46+,47+/m1/s1. The molecule has 9 rings (SSSR count). The molecule has 0 saturated carbocycles. The molecule has 374 valence electrons. The fourth-order valence-electron chi connectivity index (χ4n) is 12.1. The van der Waals surface area contributed by atoms with Crippen LogP contribution in [0.25, 0.3) is 22.1 Å². The van der Waals surface area contributed by atoms with Gasteiger partial charge in [-0.1, -0.05) is 53.7 Å². The first-order chi connectivity index (χ1) is 33.5. The van der Waals surface area contributed by atoms with E-state index in [9.17, 15) is 24.3 Å². The number of fused-ring (bicyclic) bond motifs is 2. The Morgan fingerprint density at radius 3 is 1.79 bits per heavy atom. The number of piperidine rings is 1. The van der Waals surface area contributed by atoms with Crippen molar-refractivity contribution in [2.45, 2.75) is 123 Å². The number of imidazole rings is 2. The number of H-pyrrole nitrogens is 2. The summed E-state index contributed by atoms with van der Waals surface area (Å²) in [6.45, 7) is 14.7. The number of alkyl carbamates (subject to hydrolysis) is 1. The SMILES string of the molecule is COC(=O)N[C@H](C(=O)N1CCC[C@H]1c1nc2ccc([C@H]3CC[C@H](c4ccc5nc([C@@H]6CCCN6C(=O)[C@H](C(C)C)N(C)C(=O)O)[nH]c5c4)N3c3ccc(N4CC(C)CC(C)C4)c(F)c3)cc2[nH]1)C(C)C. The van der Waals surface area contributed by atoms with E-state index in [1.807, 2.05) is 50.8 Å². The lowest BCUT2D eigenvalue weighted by Gasteiger charge is -2.37. The van der Waals surface area contributed by atoms with Crippen molar-refractivity contribution in [1.82, 2.24) is 40.0 Å². The van der Waals surface area contributed by atoms with Gasteiger partial charge in [0.2, 0.25) is 11.8 Å². The number of hydrogen-bond donors (Lipinski definition) is 4. The highest BCUT2D eigenvalue weighted by atomic mass is 19.1. The van der Waals surface area contributed by atoms with Gasteiger partial charge in [0.25, 0.3) is 0 Å². The average molecular weight is 961 g/mol. The van der Waals surface area contributed by atoms with Gasteiger partial charge in [-0.05, 0) is 122 Å². The van der Waals surface area contributed by atoms with Crippen LogP contribution in [0.5, 0.6) is 0 Å². The van der Waals surface area contributed by atoms with Gasteiger partial charge in [0.1, 0.15) is 29.5 Å². The van der Waals surface area contributed by atoms with Crippen LogP contribution in [0.15, 0.2) is 54.6 Å². The molecule has 2 unspecified atom stereocenters. The van der Waals surface area contributed by atoms with Gasteiger partial charge >= 0.3 is 12.2 Å². The summed E-state index contributed by atoms with van der Waals surface area (Å²) in [5.41, 5.74) is 6.75. The van der Waals surface area contributed by atoms with Gasteiger partial charge in [0.15, 0.2) is 0 Å². The van der Waals surface area contributed by atoms with Crippen molar-refractivity contribution in [3.05, 3.63) is 83.2 Å². The molecule has 4 aliphatic rings. The Hall–Kier alpha value is -6.39. The number of amides is 4. The Balaban J connectivity index is 1.03. The molecule has 8 atom stereocenters. The van der Waals surface area contributed by atoms with Crippen LogP contribution >= 0.6 is 0 Å². The number of likely N-dealkylation sites (N-methyl/N-ethyl adjacent to an activating group) is 1. The minimum absolute atomic E-state index is 0.119. The highest BCUT2D eigenvalue weighted by molar-refractivity contribution is 5.87. The van der Waals surface area contributed by atoms with Gasteiger partial charge in [0, 0.05) is 38.9 Å². The zero-order chi connectivity index (χ0) is 49.7. The topological polar surface area (TPSA) is 183 Å². The largest absolute Gasteiger partial charge is 0.465 e. The van der Waals surface area contributed by atoms with Crippen molar-refractivity contribution in [2.75, 3.05) is 50.1 Å². The van der Waals surface area contributed by atoms with Crippen molar-refractivity contribution in [2.24, 2.45) is 23.7 Å². The van der Waals surface area contributed by atoms with Gasteiger partial charge < -0.3 is 44.7 Å². The summed E-state index contributed by atoms with van der Waals surface area (Å²) in [4.78, 5) is 78.5. The lowest BCUT2D eigenvalue weighted by atomic mass is 9.91. The zero-order valence-electron chi connectivity index (χ0n) is 41.7. The molecule has 70 heavy (non-hydrogen) atoms. The molecule has 5 aromatic rings. The number of aromatic nitrogens is 4. The maximum atomic E-state index is 16.6. The van der Waals surface area contributed by atoms with E-state index >= 15 is 4.39 Å². The Bertz CT molecular complexity index is 2750. The van der Waals surface area contributed by atoms with Gasteiger partial charge in [-0.25, -0.2) is 23.9 Å². The van der Waals surface area contributed by atoms with Crippen LogP contribution in [0.3, 0.4) is 0 Å². The van der Waals surface area contributed by atoms with Gasteiger partial charge in [-0.2, -0.15) is 0 Å². The van der Waals surface area contributed by atoms with Crippen molar-refractivity contribution < 1.29 is 33.4 Å². The van der Waals surface area contributed by atoms with Crippen LogP contribution < -0.4 is 15.1 Å². The predicted molar refractivity (Wildman–Crippen MR) is 267 cm³/mol. The molecular formula is C53H69FN10O6. The molecule has 17 heteroatoms. The number of halogens is 1. The summed E-state index contributed by atoms with van der Waals surface area (Å²) in [7, 11) is 2.74. The summed E-state index contributed by atoms with van der Waals surface area (Å²) in [5.74, 6) is 1.32. The number of ether oxygens (including phenoxy) is 1. The first kappa shape index (κ1) is 48.6. The Kier molecular flexibility index (Phi) is 13.7. The molecule has 4 fully saturated rings. The highest BCUT2D eigenvalue weighted by Gasteiger charge is 2.42. The molecule has 0 spiro atoms. The second-order valence-corrected chi connectivity index (χ2v) is 21.1. The summed E-state index contributed by atoms with van der Waals surface area (Å²) in [6.07, 6.45) is 3.96. The molecule has 3 aromatic carbocycles. The van der Waals surface area contributed by atoms with Crippen LogP contribution in [-0.2, 0) is 14.3 Å². The normalized spacial score (nSPS) is 23.8. The number of nitrogens with one attached hydrogen (secondary N) is 3. The van der Waals surface area contributed by atoms with E-state index in [4.69, 9.17) is 14.7 Å². The average Bonchev–Trinajstić information content (AvgIpc) is 4.18. The van der Waals surface area contributed by atoms with E-state index in [1.165, 1.54) is 14.2 Å². The number of anilines is 2. The Morgan fingerprint density at radius 1 is 0.757 bits per heavy atom. The van der Waals surface area contributed by atoms with Crippen molar-refractivity contribution in [3.63, 3.8) is 0 Å². The predicted octanol–water partition coefficient (Wildman–Crippen LogP) is 9.49. The number of carboxylic acid groups (broad SMARTS) is 1. The molecule has 0 aliphatic carbocycles. The molecular weight excluding hydrogens is 892 g/mol. The number of rotatable bonds is 12. The number of benzene rings is 3. The molecule has 4 amide bonds. The van der Waals surface area contributed by atoms with Crippen LogP contribution in [0.2, 0.25) is 0 Å². The molecule has 0 radical (unpaired) electrons. The lowest BCUT2D eigenvalue weighted by Crippen LogP contribution is -2.51. The number of nitrogens with zero attached hydrogens (tertiary/aromatic N) is 7. The first-order valence-corrected chi connectivity index (χ1v) is 25.2. The van der Waals surface area contributed by atoms with Crippen molar-refractivity contribution >= 4 is 57.4 Å². The van der Waals surface area contributed by atoms with Crippen LogP contribution in [0.1, 0.15) is 133 Å². The van der Waals surface area contributed by atoms with Gasteiger partial charge in [-0.15, -0.1) is 0 Å². The molecule has 2 aromatic heterocycles. The minimum atomic E-state index is -1.14. The third-order valence-electron chi connectivity index (χ3n) is 15.3. The summed E-state index contributed by atoms with van der Waals surface area (Å²) in [5, 5.41) is 12.5. The fraction of sp³-hybridized carbons (Fsp3) is 0.547. The van der Waals surface area contributed by atoms with E-state index in [0.29, 0.717) is 48.7 Å². The number of methoxy groups -OCH3 is 1. The maximum Gasteiger partial charge on any atom is 0.407 e.